The minimum atomic E-state index is 0.304. The summed E-state index contributed by atoms with van der Waals surface area (Å²) in [6.45, 7) is 6.71. The molecule has 1 unspecified atom stereocenters. The third-order valence-corrected chi connectivity index (χ3v) is 2.82. The van der Waals surface area contributed by atoms with Crippen molar-refractivity contribution in [3.63, 3.8) is 0 Å². The molecule has 0 amide bonds. The van der Waals surface area contributed by atoms with E-state index in [9.17, 15) is 0 Å². The first-order valence-electron chi connectivity index (χ1n) is 4.75. The standard InChI is InChI=1S/C11H19NS/c1-11(2,3)8-9(12)7-10-5-4-6-13-10/h4-6,9H,7-8,12H2,1-3H3. The van der Waals surface area contributed by atoms with Crippen LogP contribution in [0.2, 0.25) is 0 Å². The van der Waals surface area contributed by atoms with Gasteiger partial charge in [-0.2, -0.15) is 0 Å². The van der Waals surface area contributed by atoms with Crippen LogP contribution in [0.1, 0.15) is 32.1 Å². The quantitative estimate of drug-likeness (QED) is 0.792. The van der Waals surface area contributed by atoms with E-state index in [0.717, 1.165) is 12.8 Å². The van der Waals surface area contributed by atoms with Gasteiger partial charge in [0.05, 0.1) is 0 Å². The van der Waals surface area contributed by atoms with Gasteiger partial charge in [0.2, 0.25) is 0 Å². The van der Waals surface area contributed by atoms with Crippen molar-refractivity contribution in [2.24, 2.45) is 11.1 Å². The second-order valence-electron chi connectivity index (χ2n) is 4.81. The predicted molar refractivity (Wildman–Crippen MR) is 60.1 cm³/mol. The molecule has 0 aliphatic heterocycles. The molecule has 74 valence electrons. The van der Waals surface area contributed by atoms with Gasteiger partial charge in [-0.05, 0) is 29.7 Å². The van der Waals surface area contributed by atoms with Crippen molar-refractivity contribution in [2.75, 3.05) is 0 Å². The first-order chi connectivity index (χ1) is 5.97. The smallest absolute Gasteiger partial charge is 0.00921 e. The Morgan fingerprint density at radius 1 is 1.46 bits per heavy atom. The van der Waals surface area contributed by atoms with Crippen LogP contribution in [-0.4, -0.2) is 6.04 Å². The van der Waals surface area contributed by atoms with Crippen molar-refractivity contribution in [3.8, 4) is 0 Å². The van der Waals surface area contributed by atoms with Gasteiger partial charge in [0.1, 0.15) is 0 Å². The molecule has 0 saturated carbocycles. The lowest BCUT2D eigenvalue weighted by molar-refractivity contribution is 0.339. The van der Waals surface area contributed by atoms with E-state index < -0.39 is 0 Å². The van der Waals surface area contributed by atoms with Gasteiger partial charge in [0, 0.05) is 10.9 Å². The minimum Gasteiger partial charge on any atom is -0.327 e. The molecule has 2 heteroatoms. The summed E-state index contributed by atoms with van der Waals surface area (Å²) < 4.78 is 0. The first kappa shape index (κ1) is 10.7. The van der Waals surface area contributed by atoms with Gasteiger partial charge in [-0.25, -0.2) is 0 Å². The Morgan fingerprint density at radius 3 is 2.62 bits per heavy atom. The van der Waals surface area contributed by atoms with Crippen molar-refractivity contribution < 1.29 is 0 Å². The van der Waals surface area contributed by atoms with Crippen LogP contribution >= 0.6 is 11.3 Å². The van der Waals surface area contributed by atoms with Crippen LogP contribution < -0.4 is 5.73 Å². The van der Waals surface area contributed by atoms with Gasteiger partial charge in [-0.3, -0.25) is 0 Å². The molecule has 1 rings (SSSR count). The molecule has 0 aliphatic rings. The highest BCUT2D eigenvalue weighted by Crippen LogP contribution is 2.22. The lowest BCUT2D eigenvalue weighted by Crippen LogP contribution is -2.28. The highest BCUT2D eigenvalue weighted by atomic mass is 32.1. The molecule has 0 spiro atoms. The van der Waals surface area contributed by atoms with E-state index in [1.54, 1.807) is 11.3 Å². The van der Waals surface area contributed by atoms with Crippen molar-refractivity contribution >= 4 is 11.3 Å². The maximum Gasteiger partial charge on any atom is 0.00921 e. The largest absolute Gasteiger partial charge is 0.327 e. The van der Waals surface area contributed by atoms with Crippen molar-refractivity contribution in [1.82, 2.24) is 0 Å². The number of hydrogen-bond acceptors (Lipinski definition) is 2. The normalized spacial score (nSPS) is 14.5. The Labute approximate surface area is 85.0 Å². The van der Waals surface area contributed by atoms with Crippen LogP contribution in [0.15, 0.2) is 17.5 Å². The van der Waals surface area contributed by atoms with E-state index in [-0.39, 0.29) is 0 Å². The molecule has 1 aromatic rings. The van der Waals surface area contributed by atoms with Gasteiger partial charge in [-0.15, -0.1) is 11.3 Å². The molecule has 1 heterocycles. The number of rotatable bonds is 3. The SMILES string of the molecule is CC(C)(C)CC(N)Cc1cccs1. The van der Waals surface area contributed by atoms with Gasteiger partial charge in [0.15, 0.2) is 0 Å². The molecule has 0 fully saturated rings. The van der Waals surface area contributed by atoms with Crippen LogP contribution in [0.5, 0.6) is 0 Å². The summed E-state index contributed by atoms with van der Waals surface area (Å²) in [5.74, 6) is 0. The van der Waals surface area contributed by atoms with Crippen LogP contribution in [0, 0.1) is 5.41 Å². The van der Waals surface area contributed by atoms with Gasteiger partial charge >= 0.3 is 0 Å². The van der Waals surface area contributed by atoms with Crippen LogP contribution in [0.4, 0.5) is 0 Å². The van der Waals surface area contributed by atoms with Crippen molar-refractivity contribution in [3.05, 3.63) is 22.4 Å². The Hall–Kier alpha value is -0.340. The number of thiophene rings is 1. The molecular weight excluding hydrogens is 178 g/mol. The van der Waals surface area contributed by atoms with E-state index in [2.05, 4.69) is 38.3 Å². The monoisotopic (exact) mass is 197 g/mol. The predicted octanol–water partition coefficient (Wildman–Crippen LogP) is 3.05. The Morgan fingerprint density at radius 2 is 2.15 bits per heavy atom. The maximum atomic E-state index is 6.06. The highest BCUT2D eigenvalue weighted by Gasteiger charge is 2.15. The maximum absolute atomic E-state index is 6.06. The summed E-state index contributed by atoms with van der Waals surface area (Å²) >= 11 is 1.80. The molecule has 1 aromatic heterocycles. The first-order valence-corrected chi connectivity index (χ1v) is 5.63. The summed E-state index contributed by atoms with van der Waals surface area (Å²) in [6.07, 6.45) is 2.11. The van der Waals surface area contributed by atoms with E-state index >= 15 is 0 Å². The van der Waals surface area contributed by atoms with Gasteiger partial charge in [0.25, 0.3) is 0 Å². The molecule has 2 N–H and O–H groups in total. The van der Waals surface area contributed by atoms with Gasteiger partial charge < -0.3 is 5.73 Å². The topological polar surface area (TPSA) is 26.0 Å². The fraction of sp³-hybridized carbons (Fsp3) is 0.636. The summed E-state index contributed by atoms with van der Waals surface area (Å²) in [6, 6.07) is 4.55. The molecule has 0 radical (unpaired) electrons. The lowest BCUT2D eigenvalue weighted by Gasteiger charge is -2.22. The second kappa shape index (κ2) is 4.25. The Kier molecular flexibility index (Phi) is 3.51. The number of nitrogens with two attached hydrogens (primary N) is 1. The lowest BCUT2D eigenvalue weighted by atomic mass is 9.87. The van der Waals surface area contributed by atoms with Crippen LogP contribution in [-0.2, 0) is 6.42 Å². The zero-order chi connectivity index (χ0) is 9.90. The third kappa shape index (κ3) is 4.44. The van der Waals surface area contributed by atoms with Crippen LogP contribution in [0.3, 0.4) is 0 Å². The highest BCUT2D eigenvalue weighted by molar-refractivity contribution is 7.09. The summed E-state index contributed by atoms with van der Waals surface area (Å²) in [4.78, 5) is 1.40. The number of hydrogen-bond donors (Lipinski definition) is 1. The zero-order valence-corrected chi connectivity index (χ0v) is 9.53. The molecular formula is C11H19NS. The zero-order valence-electron chi connectivity index (χ0n) is 8.71. The van der Waals surface area contributed by atoms with E-state index in [4.69, 9.17) is 5.73 Å². The van der Waals surface area contributed by atoms with Crippen molar-refractivity contribution in [1.29, 1.82) is 0 Å². The average Bonchev–Trinajstić information content (AvgIpc) is 2.34. The van der Waals surface area contributed by atoms with Crippen LogP contribution in [0.25, 0.3) is 0 Å². The van der Waals surface area contributed by atoms with Crippen molar-refractivity contribution in [2.45, 2.75) is 39.7 Å². The molecule has 1 atom stereocenters. The molecule has 0 aliphatic carbocycles. The average molecular weight is 197 g/mol. The van der Waals surface area contributed by atoms with E-state index in [0.29, 0.717) is 11.5 Å². The summed E-state index contributed by atoms with van der Waals surface area (Å²) in [7, 11) is 0. The molecule has 0 bridgehead atoms. The Bertz CT molecular complexity index is 233. The Balaban J connectivity index is 2.38. The summed E-state index contributed by atoms with van der Waals surface area (Å²) in [5.41, 5.74) is 6.40. The minimum absolute atomic E-state index is 0.304. The molecule has 0 aromatic carbocycles. The van der Waals surface area contributed by atoms with E-state index in [1.165, 1.54) is 4.88 Å². The van der Waals surface area contributed by atoms with E-state index in [1.807, 2.05) is 0 Å². The second-order valence-corrected chi connectivity index (χ2v) is 5.84. The fourth-order valence-electron chi connectivity index (χ4n) is 1.55. The van der Waals surface area contributed by atoms with Gasteiger partial charge in [-0.1, -0.05) is 26.8 Å². The molecule has 13 heavy (non-hydrogen) atoms. The fourth-order valence-corrected chi connectivity index (χ4v) is 2.35. The third-order valence-electron chi connectivity index (χ3n) is 1.92. The molecule has 0 saturated heterocycles. The summed E-state index contributed by atoms with van der Waals surface area (Å²) in [5, 5.41) is 2.11. The molecule has 1 nitrogen and oxygen atoms in total.